The largest absolute Gasteiger partial charge is 0.364 e. The Balaban J connectivity index is 1.71. The van der Waals surface area contributed by atoms with Crippen LogP contribution in [0.15, 0.2) is 59.6 Å². The van der Waals surface area contributed by atoms with E-state index in [9.17, 15) is 8.42 Å². The van der Waals surface area contributed by atoms with Crippen molar-refractivity contribution in [1.29, 1.82) is 0 Å². The van der Waals surface area contributed by atoms with E-state index in [1.165, 1.54) is 5.56 Å². The van der Waals surface area contributed by atoms with Crippen molar-refractivity contribution in [1.82, 2.24) is 10.3 Å². The molecule has 0 atom stereocenters. The minimum Gasteiger partial charge on any atom is -0.364 e. The summed E-state index contributed by atoms with van der Waals surface area (Å²) in [4.78, 5) is 5.32. The zero-order chi connectivity index (χ0) is 18.9. The zero-order valence-electron chi connectivity index (χ0n) is 15.1. The van der Waals surface area contributed by atoms with E-state index in [-0.39, 0.29) is 5.03 Å². The molecule has 27 heavy (non-hydrogen) atoms. The molecule has 3 aromatic rings. The average molecular weight is 385 g/mol. The molecule has 1 fully saturated rings. The number of nitrogens with two attached hydrogens (primary N) is 1. The Bertz CT molecular complexity index is 1020. The van der Waals surface area contributed by atoms with Gasteiger partial charge in [-0.05, 0) is 55.8 Å². The molecule has 2 aromatic carbocycles. The Labute approximate surface area is 159 Å². The first-order valence-corrected chi connectivity index (χ1v) is 10.7. The Hall–Kier alpha value is -2.35. The predicted octanol–water partition coefficient (Wildman–Crippen LogP) is 2.57. The van der Waals surface area contributed by atoms with Crippen LogP contribution in [0.4, 0.5) is 5.69 Å². The molecule has 1 aliphatic rings. The minimum atomic E-state index is -3.74. The fourth-order valence-corrected chi connectivity index (χ4v) is 4.30. The number of aromatic amines is 1. The number of fused-ring (bicyclic) bond motifs is 1. The molecule has 2 heterocycles. The number of aromatic nitrogens is 1. The number of rotatable bonds is 5. The minimum absolute atomic E-state index is 0.0473. The van der Waals surface area contributed by atoms with Crippen molar-refractivity contribution in [3.8, 4) is 0 Å². The molecule has 7 heteroatoms. The molecule has 0 unspecified atom stereocenters. The number of benzene rings is 2. The Kier molecular flexibility index (Phi) is 4.90. The van der Waals surface area contributed by atoms with Gasteiger partial charge in [0, 0.05) is 29.2 Å². The molecule has 0 bridgehead atoms. The lowest BCUT2D eigenvalue weighted by atomic mass is 10.0. The molecule has 1 aliphatic heterocycles. The van der Waals surface area contributed by atoms with Crippen LogP contribution >= 0.6 is 0 Å². The van der Waals surface area contributed by atoms with E-state index in [1.807, 2.05) is 18.2 Å². The van der Waals surface area contributed by atoms with Crippen molar-refractivity contribution in [2.24, 2.45) is 5.14 Å². The predicted molar refractivity (Wildman–Crippen MR) is 108 cm³/mol. The van der Waals surface area contributed by atoms with Gasteiger partial charge in [-0.25, -0.2) is 13.6 Å². The Morgan fingerprint density at radius 2 is 1.78 bits per heavy atom. The van der Waals surface area contributed by atoms with E-state index >= 15 is 0 Å². The molecule has 0 radical (unpaired) electrons. The van der Waals surface area contributed by atoms with Crippen LogP contribution in [-0.4, -0.2) is 32.5 Å². The van der Waals surface area contributed by atoms with Crippen LogP contribution in [0.3, 0.4) is 0 Å². The Morgan fingerprint density at radius 3 is 2.48 bits per heavy atom. The summed E-state index contributed by atoms with van der Waals surface area (Å²) in [6.45, 7) is 2.85. The van der Waals surface area contributed by atoms with Crippen LogP contribution in [-0.2, 0) is 16.6 Å². The molecule has 0 spiro atoms. The van der Waals surface area contributed by atoms with Gasteiger partial charge < -0.3 is 15.2 Å². The van der Waals surface area contributed by atoms with Crippen molar-refractivity contribution in [2.75, 3.05) is 18.0 Å². The molecule has 0 amide bonds. The molecular formula is C20H24N4O2S. The number of H-pyrrole nitrogens is 1. The second-order valence-electron chi connectivity index (χ2n) is 7.04. The highest BCUT2D eigenvalue weighted by Gasteiger charge is 2.22. The number of piperidine rings is 1. The molecule has 4 rings (SSSR count). The highest BCUT2D eigenvalue weighted by Crippen LogP contribution is 2.29. The van der Waals surface area contributed by atoms with Crippen molar-refractivity contribution >= 4 is 26.6 Å². The molecule has 1 aromatic heterocycles. The second-order valence-corrected chi connectivity index (χ2v) is 8.57. The van der Waals surface area contributed by atoms with Crippen molar-refractivity contribution in [2.45, 2.75) is 30.5 Å². The lowest BCUT2D eigenvalue weighted by Gasteiger charge is -2.36. The summed E-state index contributed by atoms with van der Waals surface area (Å²) in [5.41, 5.74) is 3.13. The molecule has 0 aliphatic carbocycles. The van der Waals surface area contributed by atoms with Crippen LogP contribution < -0.4 is 15.4 Å². The number of nitrogens with one attached hydrogen (secondary N) is 2. The van der Waals surface area contributed by atoms with Gasteiger partial charge in [-0.15, -0.1) is 0 Å². The van der Waals surface area contributed by atoms with Gasteiger partial charge in [0.05, 0.1) is 0 Å². The maximum absolute atomic E-state index is 11.6. The number of hydrogen-bond donors (Lipinski definition) is 3. The van der Waals surface area contributed by atoms with E-state index in [1.54, 1.807) is 6.07 Å². The fourth-order valence-electron chi connectivity index (χ4n) is 3.76. The fraction of sp³-hybridized carbons (Fsp3) is 0.300. The van der Waals surface area contributed by atoms with Gasteiger partial charge in [-0.2, -0.15) is 0 Å². The number of anilines is 1. The number of primary sulfonamides is 1. The highest BCUT2D eigenvalue weighted by molar-refractivity contribution is 7.89. The van der Waals surface area contributed by atoms with Gasteiger partial charge in [0.15, 0.2) is 0 Å². The van der Waals surface area contributed by atoms with E-state index in [4.69, 9.17) is 5.14 Å². The average Bonchev–Trinajstić information content (AvgIpc) is 3.11. The summed E-state index contributed by atoms with van der Waals surface area (Å²) >= 11 is 0. The first-order chi connectivity index (χ1) is 13.0. The van der Waals surface area contributed by atoms with Crippen molar-refractivity contribution < 1.29 is 8.42 Å². The van der Waals surface area contributed by atoms with Crippen LogP contribution in [0, 0.1) is 0 Å². The summed E-state index contributed by atoms with van der Waals surface area (Å²) < 4.78 is 23.3. The first-order valence-electron chi connectivity index (χ1n) is 9.17. The summed E-state index contributed by atoms with van der Waals surface area (Å²) in [7, 11) is -3.74. The van der Waals surface area contributed by atoms with Crippen LogP contribution in [0.1, 0.15) is 18.4 Å². The third-order valence-electron chi connectivity index (χ3n) is 5.16. The topological polar surface area (TPSA) is 91.2 Å². The number of nitrogens with zero attached hydrogens (tertiary/aromatic N) is 1. The molecule has 6 nitrogen and oxygen atoms in total. The summed E-state index contributed by atoms with van der Waals surface area (Å²) in [6.07, 6.45) is 2.17. The second kappa shape index (κ2) is 7.34. The summed E-state index contributed by atoms with van der Waals surface area (Å²) in [6, 6.07) is 18.5. The highest BCUT2D eigenvalue weighted by atomic mass is 32.2. The van der Waals surface area contributed by atoms with Crippen LogP contribution in [0.2, 0.25) is 0 Å². The lowest BCUT2D eigenvalue weighted by molar-refractivity contribution is 0.428. The normalized spacial score (nSPS) is 15.9. The van der Waals surface area contributed by atoms with Gasteiger partial charge in [-0.1, -0.05) is 30.3 Å². The third kappa shape index (κ3) is 4.00. The summed E-state index contributed by atoms with van der Waals surface area (Å²) in [5.74, 6) is 0. The quantitative estimate of drug-likeness (QED) is 0.630. The van der Waals surface area contributed by atoms with Crippen molar-refractivity contribution in [3.05, 3.63) is 60.2 Å². The molecule has 4 N–H and O–H groups in total. The van der Waals surface area contributed by atoms with Gasteiger partial charge in [0.2, 0.25) is 0 Å². The molecule has 0 saturated carbocycles. The van der Waals surface area contributed by atoms with Crippen LogP contribution in [0.5, 0.6) is 0 Å². The number of sulfonamides is 1. The molecular weight excluding hydrogens is 360 g/mol. The summed E-state index contributed by atoms with van der Waals surface area (Å²) in [5, 5.41) is 9.58. The van der Waals surface area contributed by atoms with E-state index in [2.05, 4.69) is 45.5 Å². The molecule has 1 saturated heterocycles. The zero-order valence-corrected chi connectivity index (χ0v) is 15.9. The standard InChI is InChI=1S/C20H24N4O2S/c21-27(25,26)20-13-16-12-18(6-7-19(16)23-20)24(17-8-10-22-11-9-17)14-15-4-2-1-3-5-15/h1-7,12-13,17,22-23H,8-11,14H2,(H2,21,25,26). The first kappa shape index (κ1) is 18.0. The maximum Gasteiger partial charge on any atom is 0.253 e. The van der Waals surface area contributed by atoms with Gasteiger partial charge in [0.25, 0.3) is 10.0 Å². The SMILES string of the molecule is NS(=O)(=O)c1cc2cc(N(Cc3ccccc3)C3CCNCC3)ccc2[nH]1. The van der Waals surface area contributed by atoms with Gasteiger partial charge in [-0.3, -0.25) is 0 Å². The Morgan fingerprint density at radius 1 is 1.04 bits per heavy atom. The maximum atomic E-state index is 11.6. The van der Waals surface area contributed by atoms with Gasteiger partial charge >= 0.3 is 0 Å². The smallest absolute Gasteiger partial charge is 0.253 e. The lowest BCUT2D eigenvalue weighted by Crippen LogP contribution is -2.43. The van der Waals surface area contributed by atoms with Crippen LogP contribution in [0.25, 0.3) is 10.9 Å². The third-order valence-corrected chi connectivity index (χ3v) is 6.00. The van der Waals surface area contributed by atoms with E-state index in [0.717, 1.165) is 49.1 Å². The van der Waals surface area contributed by atoms with Crippen molar-refractivity contribution in [3.63, 3.8) is 0 Å². The van der Waals surface area contributed by atoms with E-state index < -0.39 is 10.0 Å². The monoisotopic (exact) mass is 384 g/mol. The van der Waals surface area contributed by atoms with Gasteiger partial charge in [0.1, 0.15) is 5.03 Å². The number of hydrogen-bond acceptors (Lipinski definition) is 4. The van der Waals surface area contributed by atoms with E-state index in [0.29, 0.717) is 6.04 Å². The molecule has 142 valence electrons.